The molecule has 1 saturated carbocycles. The molecule has 1 fully saturated rings. The summed E-state index contributed by atoms with van der Waals surface area (Å²) in [6.45, 7) is 4.74. The molecule has 5 nitrogen and oxygen atoms in total. The molecule has 4 rings (SSSR count). The molecular formula is C24H29N3O2S. The van der Waals surface area contributed by atoms with Crippen molar-refractivity contribution in [2.75, 3.05) is 11.4 Å². The zero-order valence-electron chi connectivity index (χ0n) is 17.7. The Balaban J connectivity index is 1.59. The number of aromatic nitrogens is 1. The number of rotatable bonds is 6. The average molecular weight is 424 g/mol. The first-order valence-corrected chi connectivity index (χ1v) is 11.7. The van der Waals surface area contributed by atoms with Crippen LogP contribution >= 0.6 is 11.3 Å². The van der Waals surface area contributed by atoms with Crippen LogP contribution in [0.2, 0.25) is 0 Å². The van der Waals surface area contributed by atoms with Crippen molar-refractivity contribution in [1.29, 1.82) is 0 Å². The standard InChI is InChI=1S/C24H29N3O2S/c1-3-26(20-11-7-8-17(2)14-20)22(28)16-27-21(15-18-12-13-30-24(18)27)23(29)25-19-9-5-4-6-10-19/h7-8,11-15,19H,3-6,9-10,16H2,1-2H3,(H,25,29). The van der Waals surface area contributed by atoms with Crippen molar-refractivity contribution in [2.45, 2.75) is 58.5 Å². The number of thiophene rings is 1. The second-order valence-corrected chi connectivity index (χ2v) is 8.98. The van der Waals surface area contributed by atoms with Gasteiger partial charge < -0.3 is 14.8 Å². The Morgan fingerprint density at radius 1 is 1.17 bits per heavy atom. The van der Waals surface area contributed by atoms with Gasteiger partial charge in [-0.05, 0) is 61.9 Å². The lowest BCUT2D eigenvalue weighted by atomic mass is 9.95. The molecule has 1 N–H and O–H groups in total. The molecule has 0 atom stereocenters. The minimum Gasteiger partial charge on any atom is -0.348 e. The van der Waals surface area contributed by atoms with Gasteiger partial charge in [0, 0.05) is 23.7 Å². The highest BCUT2D eigenvalue weighted by atomic mass is 32.1. The molecule has 0 unspecified atom stereocenters. The predicted octanol–water partition coefficient (Wildman–Crippen LogP) is 5.13. The third kappa shape index (κ3) is 4.29. The number of anilines is 1. The number of nitrogens with one attached hydrogen (secondary N) is 1. The first-order chi connectivity index (χ1) is 14.6. The third-order valence-electron chi connectivity index (χ3n) is 5.90. The van der Waals surface area contributed by atoms with E-state index in [1.165, 1.54) is 19.3 Å². The lowest BCUT2D eigenvalue weighted by Crippen LogP contribution is -2.38. The van der Waals surface area contributed by atoms with Gasteiger partial charge >= 0.3 is 0 Å². The Hall–Kier alpha value is -2.60. The number of hydrogen-bond donors (Lipinski definition) is 1. The molecule has 1 aliphatic carbocycles. The Morgan fingerprint density at radius 2 is 1.97 bits per heavy atom. The molecule has 3 aromatic rings. The summed E-state index contributed by atoms with van der Waals surface area (Å²) in [4.78, 5) is 29.1. The van der Waals surface area contributed by atoms with E-state index in [2.05, 4.69) is 5.32 Å². The van der Waals surface area contributed by atoms with Gasteiger partial charge in [-0.1, -0.05) is 31.4 Å². The van der Waals surface area contributed by atoms with Gasteiger partial charge in [-0.2, -0.15) is 0 Å². The monoisotopic (exact) mass is 423 g/mol. The number of aryl methyl sites for hydroxylation is 1. The zero-order chi connectivity index (χ0) is 21.1. The van der Waals surface area contributed by atoms with Crippen LogP contribution in [0.15, 0.2) is 41.8 Å². The maximum Gasteiger partial charge on any atom is 0.268 e. The Kier molecular flexibility index (Phi) is 6.23. The van der Waals surface area contributed by atoms with Gasteiger partial charge in [0.05, 0.1) is 0 Å². The Labute approximate surface area is 181 Å². The van der Waals surface area contributed by atoms with Crippen molar-refractivity contribution >= 4 is 39.1 Å². The highest BCUT2D eigenvalue weighted by Gasteiger charge is 2.23. The highest BCUT2D eigenvalue weighted by Crippen LogP contribution is 2.27. The minimum absolute atomic E-state index is 0.0132. The van der Waals surface area contributed by atoms with E-state index in [1.54, 1.807) is 16.2 Å². The van der Waals surface area contributed by atoms with E-state index < -0.39 is 0 Å². The number of carbonyl (C=O) groups excluding carboxylic acids is 2. The van der Waals surface area contributed by atoms with Crippen LogP contribution in [0.3, 0.4) is 0 Å². The van der Waals surface area contributed by atoms with Gasteiger partial charge in [0.15, 0.2) is 0 Å². The van der Waals surface area contributed by atoms with Gasteiger partial charge in [-0.15, -0.1) is 11.3 Å². The van der Waals surface area contributed by atoms with Gasteiger partial charge in [0.1, 0.15) is 17.1 Å². The summed E-state index contributed by atoms with van der Waals surface area (Å²) in [5.74, 6) is -0.0857. The maximum absolute atomic E-state index is 13.3. The molecule has 0 saturated heterocycles. The summed E-state index contributed by atoms with van der Waals surface area (Å²) in [6.07, 6.45) is 5.66. The molecule has 30 heavy (non-hydrogen) atoms. The van der Waals surface area contributed by atoms with Gasteiger partial charge in [0.25, 0.3) is 5.91 Å². The highest BCUT2D eigenvalue weighted by molar-refractivity contribution is 7.16. The quantitative estimate of drug-likeness (QED) is 0.598. The molecule has 2 amide bonds. The normalized spacial score (nSPS) is 14.7. The number of likely N-dealkylation sites (N-methyl/N-ethyl adjacent to an activating group) is 1. The van der Waals surface area contributed by atoms with Crippen molar-refractivity contribution in [1.82, 2.24) is 9.88 Å². The van der Waals surface area contributed by atoms with Gasteiger partial charge in [0.2, 0.25) is 5.91 Å². The summed E-state index contributed by atoms with van der Waals surface area (Å²) in [7, 11) is 0. The Bertz CT molecular complexity index is 1050. The van der Waals surface area contributed by atoms with Crippen LogP contribution in [0.25, 0.3) is 10.2 Å². The number of hydrogen-bond acceptors (Lipinski definition) is 3. The number of fused-ring (bicyclic) bond motifs is 1. The molecule has 2 aromatic heterocycles. The van der Waals surface area contributed by atoms with E-state index in [0.717, 1.165) is 34.3 Å². The molecule has 158 valence electrons. The van der Waals surface area contributed by atoms with E-state index in [-0.39, 0.29) is 24.4 Å². The number of benzene rings is 1. The van der Waals surface area contributed by atoms with Crippen LogP contribution < -0.4 is 10.2 Å². The lowest BCUT2D eigenvalue weighted by Gasteiger charge is -2.24. The SMILES string of the molecule is CCN(C(=O)Cn1c(C(=O)NC2CCCCC2)cc2ccsc21)c1cccc(C)c1. The number of nitrogens with zero attached hydrogens (tertiary/aromatic N) is 2. The molecule has 2 heterocycles. The van der Waals surface area contributed by atoms with E-state index in [9.17, 15) is 9.59 Å². The fraction of sp³-hybridized carbons (Fsp3) is 0.417. The van der Waals surface area contributed by atoms with Gasteiger partial charge in [-0.25, -0.2) is 0 Å². The summed E-state index contributed by atoms with van der Waals surface area (Å²) in [5.41, 5.74) is 2.59. The van der Waals surface area contributed by atoms with Crippen LogP contribution in [0.4, 0.5) is 5.69 Å². The number of carbonyl (C=O) groups is 2. The molecule has 1 aromatic carbocycles. The van der Waals surface area contributed by atoms with Crippen LogP contribution in [0.1, 0.15) is 55.1 Å². The predicted molar refractivity (Wildman–Crippen MR) is 123 cm³/mol. The molecule has 0 bridgehead atoms. The maximum atomic E-state index is 13.3. The summed E-state index contributed by atoms with van der Waals surface area (Å²) in [6, 6.07) is 12.1. The molecule has 0 radical (unpaired) electrons. The first kappa shape index (κ1) is 20.7. The molecule has 6 heteroatoms. The largest absolute Gasteiger partial charge is 0.348 e. The summed E-state index contributed by atoms with van der Waals surface area (Å²) in [5, 5.41) is 6.22. The zero-order valence-corrected chi connectivity index (χ0v) is 18.5. The van der Waals surface area contributed by atoms with Crippen molar-refractivity contribution in [3.8, 4) is 0 Å². The fourth-order valence-corrected chi connectivity index (χ4v) is 5.24. The van der Waals surface area contributed by atoms with Crippen molar-refractivity contribution < 1.29 is 9.59 Å². The smallest absolute Gasteiger partial charge is 0.268 e. The average Bonchev–Trinajstić information content (AvgIpc) is 3.32. The van der Waals surface area contributed by atoms with Crippen molar-refractivity contribution in [2.24, 2.45) is 0 Å². The van der Waals surface area contributed by atoms with Crippen molar-refractivity contribution in [3.05, 3.63) is 53.0 Å². The lowest BCUT2D eigenvalue weighted by molar-refractivity contribution is -0.119. The van der Waals surface area contributed by atoms with E-state index in [1.807, 2.05) is 60.2 Å². The van der Waals surface area contributed by atoms with E-state index >= 15 is 0 Å². The summed E-state index contributed by atoms with van der Waals surface area (Å²) < 4.78 is 1.89. The van der Waals surface area contributed by atoms with Crippen LogP contribution in [-0.2, 0) is 11.3 Å². The Morgan fingerprint density at radius 3 is 2.70 bits per heavy atom. The molecular weight excluding hydrogens is 394 g/mol. The summed E-state index contributed by atoms with van der Waals surface area (Å²) >= 11 is 1.57. The van der Waals surface area contributed by atoms with Crippen LogP contribution in [0, 0.1) is 6.92 Å². The molecule has 1 aliphatic rings. The van der Waals surface area contributed by atoms with Crippen molar-refractivity contribution in [3.63, 3.8) is 0 Å². The number of amides is 2. The van der Waals surface area contributed by atoms with Gasteiger partial charge in [-0.3, -0.25) is 9.59 Å². The van der Waals surface area contributed by atoms with E-state index in [0.29, 0.717) is 12.2 Å². The first-order valence-electron chi connectivity index (χ1n) is 10.8. The molecule has 0 spiro atoms. The van der Waals surface area contributed by atoms with Crippen LogP contribution in [0.5, 0.6) is 0 Å². The second kappa shape index (κ2) is 9.04. The fourth-order valence-electron chi connectivity index (χ4n) is 4.35. The van der Waals surface area contributed by atoms with E-state index in [4.69, 9.17) is 0 Å². The molecule has 0 aliphatic heterocycles. The topological polar surface area (TPSA) is 54.3 Å². The second-order valence-electron chi connectivity index (χ2n) is 8.08. The third-order valence-corrected chi connectivity index (χ3v) is 6.85. The van der Waals surface area contributed by atoms with Crippen LogP contribution in [-0.4, -0.2) is 29.0 Å². The minimum atomic E-state index is -0.0725.